The first-order valence-corrected chi connectivity index (χ1v) is 9.67. The van der Waals surface area contributed by atoms with Crippen molar-refractivity contribution in [1.29, 1.82) is 0 Å². The fourth-order valence-corrected chi connectivity index (χ4v) is 2.95. The molecule has 162 valence electrons. The Hall–Kier alpha value is -1.84. The van der Waals surface area contributed by atoms with Gasteiger partial charge in [-0.15, -0.1) is 0 Å². The van der Waals surface area contributed by atoms with Crippen molar-refractivity contribution in [3.63, 3.8) is 0 Å². The van der Waals surface area contributed by atoms with Gasteiger partial charge in [0.25, 0.3) is 0 Å². The quantitative estimate of drug-likeness (QED) is 0.470. The molecule has 0 fully saturated rings. The van der Waals surface area contributed by atoms with Gasteiger partial charge in [-0.25, -0.2) is 14.4 Å². The zero-order valence-corrected chi connectivity index (χ0v) is 20.5. The molecule has 2 rings (SSSR count). The van der Waals surface area contributed by atoms with E-state index in [0.29, 0.717) is 22.8 Å². The molecule has 1 heterocycles. The van der Waals surface area contributed by atoms with E-state index in [1.165, 1.54) is 18.2 Å². The van der Waals surface area contributed by atoms with Crippen LogP contribution in [-0.4, -0.2) is 52.5 Å². The molecule has 0 bridgehead atoms. The van der Waals surface area contributed by atoms with Crippen molar-refractivity contribution in [2.24, 2.45) is 0 Å². The summed E-state index contributed by atoms with van der Waals surface area (Å²) in [6, 6.07) is 5.94. The number of anilines is 1. The van der Waals surface area contributed by atoms with E-state index in [2.05, 4.69) is 9.97 Å². The predicted molar refractivity (Wildman–Crippen MR) is 111 cm³/mol. The summed E-state index contributed by atoms with van der Waals surface area (Å²) in [4.78, 5) is 21.6. The van der Waals surface area contributed by atoms with Crippen LogP contribution in [-0.2, 0) is 4.79 Å². The van der Waals surface area contributed by atoms with Gasteiger partial charge in [-0.2, -0.15) is 0 Å². The molecule has 2 aromatic rings. The second-order valence-corrected chi connectivity index (χ2v) is 7.62. The summed E-state index contributed by atoms with van der Waals surface area (Å²) in [5.41, 5.74) is 2.67. The van der Waals surface area contributed by atoms with E-state index < -0.39 is 24.6 Å². The molecule has 1 aromatic heterocycles. The van der Waals surface area contributed by atoms with Crippen molar-refractivity contribution in [2.45, 2.75) is 44.8 Å². The average molecular weight is 439 g/mol. The van der Waals surface area contributed by atoms with Gasteiger partial charge in [0.05, 0.1) is 23.6 Å². The number of nitrogens with zero attached hydrogens (tertiary/aromatic N) is 3. The molecule has 0 amide bonds. The summed E-state index contributed by atoms with van der Waals surface area (Å²) in [5.74, 6) is -1.21. The van der Waals surface area contributed by atoms with Crippen LogP contribution < -0.4 is 39.6 Å². The van der Waals surface area contributed by atoms with Crippen LogP contribution in [0, 0.1) is 5.82 Å². The largest absolute Gasteiger partial charge is 1.00 e. The Morgan fingerprint density at radius 1 is 1.19 bits per heavy atom. The molecule has 2 N–H and O–H groups in total. The molecule has 7 nitrogen and oxygen atoms in total. The number of hydrogen-bond donors (Lipinski definition) is 2. The zero-order valence-electron chi connectivity index (χ0n) is 18.5. The minimum Gasteiger partial charge on any atom is -0.550 e. The van der Waals surface area contributed by atoms with Gasteiger partial charge >= 0.3 is 29.6 Å². The third-order valence-corrected chi connectivity index (χ3v) is 4.43. The zero-order chi connectivity index (χ0) is 22.4. The maximum Gasteiger partial charge on any atom is 1.00 e. The smallest absolute Gasteiger partial charge is 0.550 e. The first kappa shape index (κ1) is 27.2. The first-order chi connectivity index (χ1) is 14.1. The van der Waals surface area contributed by atoms with Gasteiger partial charge < -0.3 is 25.0 Å². The van der Waals surface area contributed by atoms with E-state index in [-0.39, 0.29) is 47.7 Å². The van der Waals surface area contributed by atoms with Gasteiger partial charge in [0.15, 0.2) is 0 Å². The fourth-order valence-electron chi connectivity index (χ4n) is 2.95. The molecule has 1 aromatic carbocycles. The summed E-state index contributed by atoms with van der Waals surface area (Å²) in [6.45, 7) is 3.96. The second-order valence-electron chi connectivity index (χ2n) is 7.62. The number of hydrogen-bond acceptors (Lipinski definition) is 7. The minimum atomic E-state index is -1.38. The Kier molecular flexibility index (Phi) is 10.8. The van der Waals surface area contributed by atoms with E-state index in [9.17, 15) is 24.5 Å². The van der Waals surface area contributed by atoms with Crippen LogP contribution >= 0.6 is 0 Å². The van der Waals surface area contributed by atoms with Crippen LogP contribution in [0.5, 0.6) is 0 Å². The number of carbonyl (C=O) groups is 1. The SMILES string of the molecule is CC(C)c1nc(N(C)C)nc(-c2ccc(F)cc2)c1/C=C/[C@@H](O)C[C@@H](O)CC(=O)[O-].[Na+]. The van der Waals surface area contributed by atoms with E-state index in [0.717, 1.165) is 5.69 Å². The molecule has 31 heavy (non-hydrogen) atoms. The molecule has 0 radical (unpaired) electrons. The summed E-state index contributed by atoms with van der Waals surface area (Å²) < 4.78 is 13.4. The number of aliphatic carboxylic acids is 1. The number of rotatable bonds is 9. The minimum absolute atomic E-state index is 0. The van der Waals surface area contributed by atoms with Gasteiger partial charge in [-0.1, -0.05) is 26.0 Å². The van der Waals surface area contributed by atoms with Crippen LogP contribution in [0.15, 0.2) is 30.3 Å². The predicted octanol–water partition coefficient (Wildman–Crippen LogP) is -1.26. The first-order valence-electron chi connectivity index (χ1n) is 9.67. The summed E-state index contributed by atoms with van der Waals surface area (Å²) in [6.07, 6.45) is 0.125. The Morgan fingerprint density at radius 2 is 1.81 bits per heavy atom. The molecule has 9 heteroatoms. The standard InChI is InChI=1S/C22H28FN3O4.Na/c1-13(2)20-18(10-9-16(27)11-17(28)12-19(29)30)21(25-22(24-20)26(3)4)14-5-7-15(23)8-6-14;/h5-10,13,16-17,27-28H,11-12H2,1-4H3,(H,29,30);/q;+1/p-1/b10-9+;/t16-,17-;/m1./s1. The van der Waals surface area contributed by atoms with Gasteiger partial charge in [-0.05, 0) is 30.2 Å². The van der Waals surface area contributed by atoms with Gasteiger partial charge in [0, 0.05) is 44.0 Å². The number of carboxylic acid groups (broad SMARTS) is 1. The van der Waals surface area contributed by atoms with Crippen molar-refractivity contribution in [3.05, 3.63) is 47.4 Å². The number of benzene rings is 1. The van der Waals surface area contributed by atoms with Gasteiger partial charge in [-0.3, -0.25) is 0 Å². The number of aromatic nitrogens is 2. The molecular weight excluding hydrogens is 412 g/mol. The van der Waals surface area contributed by atoms with Crippen molar-refractivity contribution in [1.82, 2.24) is 9.97 Å². The maximum absolute atomic E-state index is 13.4. The van der Waals surface area contributed by atoms with Crippen LogP contribution in [0.4, 0.5) is 10.3 Å². The molecule has 0 aliphatic rings. The summed E-state index contributed by atoms with van der Waals surface area (Å²) in [5, 5.41) is 30.5. The van der Waals surface area contributed by atoms with Crippen molar-refractivity contribution in [3.8, 4) is 11.3 Å². The van der Waals surface area contributed by atoms with Crippen molar-refractivity contribution >= 4 is 18.0 Å². The molecule has 0 saturated carbocycles. The topological polar surface area (TPSA) is 110 Å². The monoisotopic (exact) mass is 439 g/mol. The van der Waals surface area contributed by atoms with E-state index in [1.807, 2.05) is 27.9 Å². The fraction of sp³-hybridized carbons (Fsp3) is 0.409. The maximum atomic E-state index is 13.4. The number of aliphatic hydroxyl groups excluding tert-OH is 2. The van der Waals surface area contributed by atoms with Crippen LogP contribution in [0.1, 0.15) is 43.9 Å². The number of aliphatic hydroxyl groups is 2. The average Bonchev–Trinajstić information content (AvgIpc) is 2.65. The Balaban J connectivity index is 0.00000480. The third-order valence-electron chi connectivity index (χ3n) is 4.43. The van der Waals surface area contributed by atoms with E-state index in [1.54, 1.807) is 23.1 Å². The Labute approximate surface area is 204 Å². The van der Waals surface area contributed by atoms with Crippen LogP contribution in [0.25, 0.3) is 17.3 Å². The van der Waals surface area contributed by atoms with Gasteiger partial charge in [0.2, 0.25) is 5.95 Å². The molecule has 2 atom stereocenters. The third kappa shape index (κ3) is 7.97. The second kappa shape index (κ2) is 12.3. The molecule has 0 aliphatic carbocycles. The van der Waals surface area contributed by atoms with E-state index in [4.69, 9.17) is 0 Å². The van der Waals surface area contributed by atoms with Crippen LogP contribution in [0.3, 0.4) is 0 Å². The molecule has 0 unspecified atom stereocenters. The number of carboxylic acids is 1. The summed E-state index contributed by atoms with van der Waals surface area (Å²) >= 11 is 0. The Bertz CT molecular complexity index is 904. The van der Waals surface area contributed by atoms with Crippen LogP contribution in [0.2, 0.25) is 0 Å². The number of halogens is 1. The normalized spacial score (nSPS) is 13.2. The molecule has 0 aliphatic heterocycles. The number of carbonyl (C=O) groups excluding carboxylic acids is 1. The van der Waals surface area contributed by atoms with Crippen molar-refractivity contribution < 1.29 is 54.1 Å². The van der Waals surface area contributed by atoms with Gasteiger partial charge in [0.1, 0.15) is 5.82 Å². The Morgan fingerprint density at radius 3 is 2.32 bits per heavy atom. The summed E-state index contributed by atoms with van der Waals surface area (Å²) in [7, 11) is 3.65. The molecule has 0 saturated heterocycles. The van der Waals surface area contributed by atoms with E-state index >= 15 is 0 Å². The molecule has 0 spiro atoms. The van der Waals surface area contributed by atoms with Crippen molar-refractivity contribution in [2.75, 3.05) is 19.0 Å². The molecular formula is C22H27FN3NaO4.